The molecule has 1 atom stereocenters. The number of hydrogen-bond donors (Lipinski definition) is 1. The Morgan fingerprint density at radius 3 is 2.58 bits per heavy atom. The Balaban J connectivity index is 1.75. The van der Waals surface area contributed by atoms with Gasteiger partial charge in [0.25, 0.3) is 0 Å². The first-order chi connectivity index (χ1) is 12.6. The number of hydrogen-bond acceptors (Lipinski definition) is 4. The molecule has 0 bridgehead atoms. The van der Waals surface area contributed by atoms with Crippen LogP contribution in [0.1, 0.15) is 55.3 Å². The largest absolute Gasteiger partial charge is 0.376 e. The van der Waals surface area contributed by atoms with Gasteiger partial charge in [0.2, 0.25) is 5.91 Å². The third-order valence-corrected chi connectivity index (χ3v) is 5.68. The number of anilines is 1. The molecule has 1 N–H and O–H groups in total. The number of carbonyl (C=O) groups excluding carboxylic acids is 1. The van der Waals surface area contributed by atoms with Crippen molar-refractivity contribution in [3.05, 3.63) is 16.8 Å². The molecule has 2 aliphatic rings. The molecular formula is C20H30N4O2. The molecule has 0 spiro atoms. The number of amides is 1. The second-order valence-corrected chi connectivity index (χ2v) is 7.53. The Bertz CT molecular complexity index is 675. The van der Waals surface area contributed by atoms with E-state index in [1.807, 2.05) is 13.8 Å². The van der Waals surface area contributed by atoms with Crippen molar-refractivity contribution in [3.63, 3.8) is 0 Å². The predicted octanol–water partition coefficient (Wildman–Crippen LogP) is 2.97. The van der Waals surface area contributed by atoms with E-state index in [4.69, 9.17) is 4.74 Å². The van der Waals surface area contributed by atoms with Crippen LogP contribution in [0.4, 0.5) is 5.82 Å². The Kier molecular flexibility index (Phi) is 6.33. The van der Waals surface area contributed by atoms with Gasteiger partial charge in [0.05, 0.1) is 24.8 Å². The second kappa shape index (κ2) is 8.70. The van der Waals surface area contributed by atoms with Crippen molar-refractivity contribution in [2.75, 3.05) is 31.6 Å². The van der Waals surface area contributed by atoms with E-state index in [1.54, 1.807) is 0 Å². The lowest BCUT2D eigenvalue weighted by molar-refractivity contribution is -0.117. The number of nitriles is 1. The number of carbonyl (C=O) groups is 1. The lowest BCUT2D eigenvalue weighted by atomic mass is 10.2. The molecule has 0 saturated carbocycles. The molecule has 6 heteroatoms. The van der Waals surface area contributed by atoms with E-state index in [-0.39, 0.29) is 12.0 Å². The topological polar surface area (TPSA) is 70.3 Å². The Morgan fingerprint density at radius 2 is 1.96 bits per heavy atom. The quantitative estimate of drug-likeness (QED) is 0.878. The summed E-state index contributed by atoms with van der Waals surface area (Å²) in [6.07, 6.45) is 7.08. The monoisotopic (exact) mass is 358 g/mol. The molecular weight excluding hydrogens is 328 g/mol. The van der Waals surface area contributed by atoms with Crippen molar-refractivity contribution in [2.45, 2.75) is 65.0 Å². The van der Waals surface area contributed by atoms with Crippen molar-refractivity contribution < 1.29 is 9.53 Å². The molecule has 6 nitrogen and oxygen atoms in total. The number of ether oxygens (including phenoxy) is 1. The van der Waals surface area contributed by atoms with Crippen LogP contribution in [0.3, 0.4) is 0 Å². The normalized spacial score (nSPS) is 21.3. The molecule has 2 fully saturated rings. The molecule has 2 aliphatic heterocycles. The first kappa shape index (κ1) is 18.9. The third-order valence-electron chi connectivity index (χ3n) is 5.68. The van der Waals surface area contributed by atoms with E-state index in [2.05, 4.69) is 20.9 Å². The number of rotatable bonds is 5. The van der Waals surface area contributed by atoms with Gasteiger partial charge in [-0.3, -0.25) is 9.69 Å². The highest BCUT2D eigenvalue weighted by Crippen LogP contribution is 2.28. The van der Waals surface area contributed by atoms with Crippen molar-refractivity contribution in [1.82, 2.24) is 9.47 Å². The molecule has 0 unspecified atom stereocenters. The van der Waals surface area contributed by atoms with Gasteiger partial charge in [0.1, 0.15) is 11.9 Å². The average Bonchev–Trinajstić information content (AvgIpc) is 3.10. The summed E-state index contributed by atoms with van der Waals surface area (Å²) >= 11 is 0. The van der Waals surface area contributed by atoms with Gasteiger partial charge >= 0.3 is 0 Å². The fraction of sp³-hybridized carbons (Fsp3) is 0.700. The molecule has 2 saturated heterocycles. The van der Waals surface area contributed by atoms with Crippen LogP contribution in [-0.4, -0.2) is 47.7 Å². The minimum atomic E-state index is -0.0329. The molecule has 1 amide bonds. The van der Waals surface area contributed by atoms with E-state index in [1.165, 1.54) is 12.8 Å². The summed E-state index contributed by atoms with van der Waals surface area (Å²) in [6, 6.07) is 2.28. The Labute approximate surface area is 156 Å². The molecule has 142 valence electrons. The van der Waals surface area contributed by atoms with Crippen LogP contribution in [0.5, 0.6) is 0 Å². The van der Waals surface area contributed by atoms with Gasteiger partial charge < -0.3 is 14.6 Å². The van der Waals surface area contributed by atoms with Gasteiger partial charge in [0.15, 0.2) is 0 Å². The molecule has 3 heterocycles. The van der Waals surface area contributed by atoms with Crippen molar-refractivity contribution in [2.24, 2.45) is 0 Å². The fourth-order valence-corrected chi connectivity index (χ4v) is 4.02. The third kappa shape index (κ3) is 4.28. The van der Waals surface area contributed by atoms with E-state index in [0.29, 0.717) is 24.5 Å². The number of aromatic nitrogens is 1. The predicted molar refractivity (Wildman–Crippen MR) is 101 cm³/mol. The number of nitrogens with zero attached hydrogens (tertiary/aromatic N) is 3. The zero-order valence-electron chi connectivity index (χ0n) is 16.0. The zero-order valence-corrected chi connectivity index (χ0v) is 16.0. The second-order valence-electron chi connectivity index (χ2n) is 7.53. The summed E-state index contributed by atoms with van der Waals surface area (Å²) in [4.78, 5) is 14.9. The first-order valence-corrected chi connectivity index (χ1v) is 9.83. The summed E-state index contributed by atoms with van der Waals surface area (Å²) in [7, 11) is 0. The number of likely N-dealkylation sites (tertiary alicyclic amines) is 1. The molecule has 0 aromatic carbocycles. The average molecular weight is 358 g/mol. The SMILES string of the molecule is Cc1c(C#N)c(NC(=O)CN2CCCCCC2)n(C[C@@H]2CCCO2)c1C. The van der Waals surface area contributed by atoms with Gasteiger partial charge in [-0.15, -0.1) is 0 Å². The molecule has 1 aromatic rings. The molecule has 1 aromatic heterocycles. The highest BCUT2D eigenvalue weighted by atomic mass is 16.5. The van der Waals surface area contributed by atoms with E-state index < -0.39 is 0 Å². The minimum absolute atomic E-state index is 0.0329. The minimum Gasteiger partial charge on any atom is -0.376 e. The molecule has 26 heavy (non-hydrogen) atoms. The van der Waals surface area contributed by atoms with E-state index in [0.717, 1.165) is 56.6 Å². The van der Waals surface area contributed by atoms with Crippen LogP contribution in [0.15, 0.2) is 0 Å². The van der Waals surface area contributed by atoms with Gasteiger partial charge in [-0.1, -0.05) is 12.8 Å². The van der Waals surface area contributed by atoms with Gasteiger partial charge in [-0.25, -0.2) is 0 Å². The van der Waals surface area contributed by atoms with Gasteiger partial charge in [-0.05, 0) is 58.2 Å². The van der Waals surface area contributed by atoms with E-state index in [9.17, 15) is 10.1 Å². The highest BCUT2D eigenvalue weighted by Gasteiger charge is 2.24. The lowest BCUT2D eigenvalue weighted by Gasteiger charge is -2.20. The first-order valence-electron chi connectivity index (χ1n) is 9.83. The van der Waals surface area contributed by atoms with Crippen LogP contribution < -0.4 is 5.32 Å². The van der Waals surface area contributed by atoms with Gasteiger partial charge in [0, 0.05) is 12.3 Å². The van der Waals surface area contributed by atoms with Crippen LogP contribution >= 0.6 is 0 Å². The Morgan fingerprint density at radius 1 is 1.23 bits per heavy atom. The van der Waals surface area contributed by atoms with Crippen molar-refractivity contribution >= 4 is 11.7 Å². The molecule has 3 rings (SSSR count). The summed E-state index contributed by atoms with van der Waals surface area (Å²) in [5.41, 5.74) is 2.54. The smallest absolute Gasteiger partial charge is 0.239 e. The van der Waals surface area contributed by atoms with Gasteiger partial charge in [-0.2, -0.15) is 5.26 Å². The van der Waals surface area contributed by atoms with Crippen LogP contribution in [0.25, 0.3) is 0 Å². The summed E-state index contributed by atoms with van der Waals surface area (Å²) in [5.74, 6) is 0.604. The maximum Gasteiger partial charge on any atom is 0.239 e. The summed E-state index contributed by atoms with van der Waals surface area (Å²) < 4.78 is 7.83. The fourth-order valence-electron chi connectivity index (χ4n) is 4.02. The zero-order chi connectivity index (χ0) is 18.5. The summed E-state index contributed by atoms with van der Waals surface area (Å²) in [6.45, 7) is 7.80. The molecule has 0 aliphatic carbocycles. The van der Waals surface area contributed by atoms with Crippen molar-refractivity contribution in [3.8, 4) is 6.07 Å². The van der Waals surface area contributed by atoms with Crippen molar-refractivity contribution in [1.29, 1.82) is 5.26 Å². The van der Waals surface area contributed by atoms with Crippen LogP contribution in [0, 0.1) is 25.2 Å². The number of nitrogens with one attached hydrogen (secondary N) is 1. The maximum atomic E-state index is 12.7. The molecule has 0 radical (unpaired) electrons. The maximum absolute atomic E-state index is 12.7. The summed E-state index contributed by atoms with van der Waals surface area (Å²) in [5, 5.41) is 12.7. The lowest BCUT2D eigenvalue weighted by Crippen LogP contribution is -2.34. The van der Waals surface area contributed by atoms with E-state index >= 15 is 0 Å². The highest BCUT2D eigenvalue weighted by molar-refractivity contribution is 5.93. The Hall–Kier alpha value is -1.84. The van der Waals surface area contributed by atoms with Crippen LogP contribution in [0.2, 0.25) is 0 Å². The standard InChI is InChI=1S/C20H30N4O2/c1-15-16(2)24(13-17-8-7-11-26-17)20(18(15)12-21)22-19(25)14-23-9-5-3-4-6-10-23/h17H,3-11,13-14H2,1-2H3,(H,22,25)/t17-/m0/s1. The van der Waals surface area contributed by atoms with Crippen LogP contribution in [-0.2, 0) is 16.1 Å².